The van der Waals surface area contributed by atoms with E-state index in [2.05, 4.69) is 12.2 Å². The molecule has 2 unspecified atom stereocenters. The van der Waals surface area contributed by atoms with Gasteiger partial charge in [-0.3, -0.25) is 0 Å². The van der Waals surface area contributed by atoms with E-state index >= 15 is 0 Å². The molecule has 1 aliphatic rings. The lowest BCUT2D eigenvalue weighted by molar-refractivity contribution is 0.433. The summed E-state index contributed by atoms with van der Waals surface area (Å²) in [6, 6.07) is 2.51. The van der Waals surface area contributed by atoms with Crippen molar-refractivity contribution in [2.45, 2.75) is 51.6 Å². The Morgan fingerprint density at radius 2 is 1.74 bits per heavy atom. The Balaban J connectivity index is 1.91. The molecular weight excluding hydrogens is 251 g/mol. The fraction of sp³-hybridized carbons (Fsp3) is 0.600. The van der Waals surface area contributed by atoms with Gasteiger partial charge in [-0.05, 0) is 42.9 Å². The molecule has 0 radical (unpaired) electrons. The molecule has 1 aromatic carbocycles. The Hall–Kier alpha value is -1.03. The predicted octanol–water partition coefficient (Wildman–Crippen LogP) is 4.16. The average Bonchev–Trinajstić information content (AvgIpc) is 2.58. The summed E-state index contributed by atoms with van der Waals surface area (Å²) < 4.78 is 39.0. The summed E-state index contributed by atoms with van der Waals surface area (Å²) in [4.78, 5) is 0. The van der Waals surface area contributed by atoms with Gasteiger partial charge in [0, 0.05) is 12.6 Å². The minimum atomic E-state index is -1.40. The van der Waals surface area contributed by atoms with Gasteiger partial charge in [0.2, 0.25) is 0 Å². The van der Waals surface area contributed by atoms with Gasteiger partial charge in [-0.2, -0.15) is 0 Å². The molecule has 0 heterocycles. The van der Waals surface area contributed by atoms with E-state index in [-0.39, 0.29) is 0 Å². The summed E-state index contributed by atoms with van der Waals surface area (Å²) >= 11 is 0. The second-order valence-electron chi connectivity index (χ2n) is 5.56. The smallest absolute Gasteiger partial charge is 0.194 e. The van der Waals surface area contributed by atoms with Crippen molar-refractivity contribution in [1.82, 2.24) is 5.32 Å². The van der Waals surface area contributed by atoms with Gasteiger partial charge in [0.15, 0.2) is 17.5 Å². The zero-order chi connectivity index (χ0) is 13.8. The van der Waals surface area contributed by atoms with E-state index in [1.807, 2.05) is 0 Å². The Labute approximate surface area is 112 Å². The molecule has 0 aliphatic heterocycles. The molecule has 0 saturated heterocycles. The first-order chi connectivity index (χ1) is 9.06. The first-order valence-corrected chi connectivity index (χ1v) is 6.93. The number of benzene rings is 1. The van der Waals surface area contributed by atoms with Gasteiger partial charge < -0.3 is 5.32 Å². The summed E-state index contributed by atoms with van der Waals surface area (Å²) in [6.07, 6.45) is 5.80. The van der Waals surface area contributed by atoms with Crippen molar-refractivity contribution in [1.29, 1.82) is 0 Å². The van der Waals surface area contributed by atoms with Gasteiger partial charge in [-0.25, -0.2) is 13.2 Å². The van der Waals surface area contributed by atoms with Gasteiger partial charge in [0.25, 0.3) is 0 Å². The van der Waals surface area contributed by atoms with Crippen molar-refractivity contribution < 1.29 is 13.2 Å². The zero-order valence-electron chi connectivity index (χ0n) is 11.2. The minimum absolute atomic E-state index is 0.382. The quantitative estimate of drug-likeness (QED) is 0.643. The monoisotopic (exact) mass is 271 g/mol. The van der Waals surface area contributed by atoms with Crippen LogP contribution in [0.1, 0.15) is 44.6 Å². The van der Waals surface area contributed by atoms with E-state index in [0.717, 1.165) is 30.9 Å². The molecule has 106 valence electrons. The lowest BCUT2D eigenvalue weighted by Gasteiger charge is -2.16. The molecule has 1 saturated carbocycles. The third-order valence-corrected chi connectivity index (χ3v) is 3.90. The van der Waals surface area contributed by atoms with Crippen LogP contribution in [0.3, 0.4) is 0 Å². The van der Waals surface area contributed by atoms with E-state index in [1.165, 1.54) is 19.3 Å². The Morgan fingerprint density at radius 3 is 2.42 bits per heavy atom. The molecule has 1 aliphatic carbocycles. The third kappa shape index (κ3) is 3.96. The molecule has 0 bridgehead atoms. The zero-order valence-corrected chi connectivity index (χ0v) is 11.2. The number of hydrogen-bond acceptors (Lipinski definition) is 1. The summed E-state index contributed by atoms with van der Waals surface area (Å²) in [7, 11) is 0. The van der Waals surface area contributed by atoms with E-state index in [9.17, 15) is 13.2 Å². The Morgan fingerprint density at radius 1 is 1.05 bits per heavy atom. The molecule has 1 nitrogen and oxygen atoms in total. The highest BCUT2D eigenvalue weighted by Gasteiger charge is 2.16. The molecule has 0 amide bonds. The summed E-state index contributed by atoms with van der Waals surface area (Å²) in [5.74, 6) is -2.88. The standard InChI is InChI=1S/C15H20F3N/c1-10-3-2-4-12(6-5-10)19-9-11-7-13(16)15(18)14(17)8-11/h7-8,10,12,19H,2-6,9H2,1H3. The number of nitrogens with one attached hydrogen (secondary N) is 1. The molecule has 0 aromatic heterocycles. The fourth-order valence-corrected chi connectivity index (χ4v) is 2.66. The topological polar surface area (TPSA) is 12.0 Å². The number of hydrogen-bond donors (Lipinski definition) is 1. The van der Waals surface area contributed by atoms with E-state index in [0.29, 0.717) is 18.2 Å². The molecule has 1 aromatic rings. The first-order valence-electron chi connectivity index (χ1n) is 6.93. The average molecular weight is 271 g/mol. The Bertz CT molecular complexity index is 410. The van der Waals surface area contributed by atoms with Crippen molar-refractivity contribution in [2.24, 2.45) is 5.92 Å². The number of rotatable bonds is 3. The van der Waals surface area contributed by atoms with Crippen LogP contribution in [0, 0.1) is 23.4 Å². The van der Waals surface area contributed by atoms with Crippen LogP contribution in [0.4, 0.5) is 13.2 Å². The van der Waals surface area contributed by atoms with Gasteiger partial charge in [0.1, 0.15) is 0 Å². The van der Waals surface area contributed by atoms with Crippen LogP contribution in [0.15, 0.2) is 12.1 Å². The lowest BCUT2D eigenvalue weighted by Crippen LogP contribution is -2.28. The highest BCUT2D eigenvalue weighted by molar-refractivity contribution is 5.19. The van der Waals surface area contributed by atoms with Crippen LogP contribution in [-0.4, -0.2) is 6.04 Å². The van der Waals surface area contributed by atoms with E-state index < -0.39 is 17.5 Å². The maximum atomic E-state index is 13.1. The summed E-state index contributed by atoms with van der Waals surface area (Å²) in [5, 5.41) is 3.32. The van der Waals surface area contributed by atoms with Crippen LogP contribution < -0.4 is 5.32 Å². The molecule has 1 fully saturated rings. The van der Waals surface area contributed by atoms with Crippen LogP contribution in [0.2, 0.25) is 0 Å². The Kier molecular flexibility index (Phi) is 4.86. The second-order valence-corrected chi connectivity index (χ2v) is 5.56. The van der Waals surface area contributed by atoms with E-state index in [4.69, 9.17) is 0 Å². The summed E-state index contributed by atoms with van der Waals surface area (Å²) in [5.41, 5.74) is 0.452. The van der Waals surface area contributed by atoms with Crippen LogP contribution in [0.5, 0.6) is 0 Å². The van der Waals surface area contributed by atoms with Crippen molar-refractivity contribution in [3.05, 3.63) is 35.1 Å². The third-order valence-electron chi connectivity index (χ3n) is 3.90. The van der Waals surface area contributed by atoms with Gasteiger partial charge in [-0.1, -0.05) is 19.8 Å². The molecule has 4 heteroatoms. The van der Waals surface area contributed by atoms with E-state index in [1.54, 1.807) is 0 Å². The molecule has 0 spiro atoms. The van der Waals surface area contributed by atoms with Crippen LogP contribution >= 0.6 is 0 Å². The van der Waals surface area contributed by atoms with Gasteiger partial charge in [0.05, 0.1) is 0 Å². The maximum Gasteiger partial charge on any atom is 0.194 e. The summed E-state index contributed by atoms with van der Waals surface area (Å²) in [6.45, 7) is 2.64. The SMILES string of the molecule is CC1CCCC(NCc2cc(F)c(F)c(F)c2)CC1. The van der Waals surface area contributed by atoms with Crippen molar-refractivity contribution in [3.8, 4) is 0 Å². The maximum absolute atomic E-state index is 13.1. The first kappa shape index (κ1) is 14.4. The van der Waals surface area contributed by atoms with Crippen molar-refractivity contribution in [2.75, 3.05) is 0 Å². The van der Waals surface area contributed by atoms with Crippen LogP contribution in [-0.2, 0) is 6.54 Å². The van der Waals surface area contributed by atoms with Crippen LogP contribution in [0.25, 0.3) is 0 Å². The fourth-order valence-electron chi connectivity index (χ4n) is 2.66. The van der Waals surface area contributed by atoms with Crippen molar-refractivity contribution >= 4 is 0 Å². The molecule has 2 rings (SSSR count). The van der Waals surface area contributed by atoms with Gasteiger partial charge >= 0.3 is 0 Å². The molecule has 2 atom stereocenters. The normalized spacial score (nSPS) is 24.2. The number of halogens is 3. The molecule has 19 heavy (non-hydrogen) atoms. The highest BCUT2D eigenvalue weighted by Crippen LogP contribution is 2.23. The van der Waals surface area contributed by atoms with Crippen molar-refractivity contribution in [3.63, 3.8) is 0 Å². The largest absolute Gasteiger partial charge is 0.310 e. The predicted molar refractivity (Wildman–Crippen MR) is 69.2 cm³/mol. The molecular formula is C15H20F3N. The molecule has 1 N–H and O–H groups in total. The lowest BCUT2D eigenvalue weighted by atomic mass is 10.0. The highest BCUT2D eigenvalue weighted by atomic mass is 19.2. The van der Waals surface area contributed by atoms with Gasteiger partial charge in [-0.15, -0.1) is 0 Å². The minimum Gasteiger partial charge on any atom is -0.310 e. The second kappa shape index (κ2) is 6.42.